The highest BCUT2D eigenvalue weighted by Crippen LogP contribution is 2.30. The van der Waals surface area contributed by atoms with Crippen molar-refractivity contribution < 1.29 is 22.7 Å². The van der Waals surface area contributed by atoms with Gasteiger partial charge in [-0.3, -0.25) is 4.79 Å². The van der Waals surface area contributed by atoms with E-state index in [4.69, 9.17) is 9.52 Å². The highest BCUT2D eigenvalue weighted by Gasteiger charge is 2.31. The largest absolute Gasteiger partial charge is 0.481 e. The number of carboxylic acids is 1. The number of aliphatic carboxylic acids is 1. The zero-order valence-corrected chi connectivity index (χ0v) is 11.2. The molecule has 6 nitrogen and oxygen atoms in total. The fraction of sp³-hybridized carbons (Fsp3) is 0.583. The normalized spacial score (nSPS) is 24.2. The molecule has 1 heterocycles. The van der Waals surface area contributed by atoms with E-state index in [0.29, 0.717) is 6.42 Å². The third-order valence-electron chi connectivity index (χ3n) is 3.57. The van der Waals surface area contributed by atoms with Gasteiger partial charge in [-0.15, -0.1) is 0 Å². The quantitative estimate of drug-likeness (QED) is 0.854. The van der Waals surface area contributed by atoms with Crippen molar-refractivity contribution in [3.63, 3.8) is 0 Å². The summed E-state index contributed by atoms with van der Waals surface area (Å²) in [5.74, 6) is -1.44. The van der Waals surface area contributed by atoms with E-state index in [1.165, 1.54) is 12.3 Å². The van der Waals surface area contributed by atoms with Gasteiger partial charge in [0.25, 0.3) is 0 Å². The second-order valence-electron chi connectivity index (χ2n) is 4.80. The minimum Gasteiger partial charge on any atom is -0.481 e. The van der Waals surface area contributed by atoms with E-state index in [0.717, 1.165) is 25.5 Å². The summed E-state index contributed by atoms with van der Waals surface area (Å²) in [4.78, 5) is 11.2. The summed E-state index contributed by atoms with van der Waals surface area (Å²) >= 11 is 0. The van der Waals surface area contributed by atoms with Crippen molar-refractivity contribution in [1.29, 1.82) is 0 Å². The van der Waals surface area contributed by atoms with E-state index in [1.807, 2.05) is 0 Å². The van der Waals surface area contributed by atoms with E-state index in [1.54, 1.807) is 0 Å². The van der Waals surface area contributed by atoms with Crippen LogP contribution in [0.5, 0.6) is 0 Å². The van der Waals surface area contributed by atoms with Gasteiger partial charge in [-0.05, 0) is 24.8 Å². The zero-order chi connectivity index (χ0) is 13.9. The van der Waals surface area contributed by atoms with Crippen LogP contribution < -0.4 is 4.72 Å². The number of nitrogens with one attached hydrogen (secondary N) is 1. The van der Waals surface area contributed by atoms with E-state index in [2.05, 4.69) is 4.72 Å². The van der Waals surface area contributed by atoms with Crippen LogP contribution in [0.4, 0.5) is 0 Å². The Morgan fingerprint density at radius 2 is 2.16 bits per heavy atom. The molecule has 0 amide bonds. The number of carbonyl (C=O) groups is 1. The Bertz CT molecular complexity index is 522. The van der Waals surface area contributed by atoms with Crippen LogP contribution in [0, 0.1) is 11.8 Å². The lowest BCUT2D eigenvalue weighted by molar-refractivity contribution is -0.144. The fourth-order valence-electron chi connectivity index (χ4n) is 2.48. The molecule has 106 valence electrons. The molecule has 2 rings (SSSR count). The molecule has 19 heavy (non-hydrogen) atoms. The smallest absolute Gasteiger partial charge is 0.306 e. The Hall–Kier alpha value is -1.34. The summed E-state index contributed by atoms with van der Waals surface area (Å²) in [6, 6.07) is 1.36. The second kappa shape index (κ2) is 5.75. The molecule has 0 aliphatic heterocycles. The number of sulfonamides is 1. The standard InChI is InChI=1S/C12H17NO5S/c14-12(15)11-4-2-1-3-9(11)7-13-19(16,17)10-5-6-18-8-10/h5-6,8-9,11,13H,1-4,7H2,(H,14,15)/t9-,11-/m1/s1. The van der Waals surface area contributed by atoms with Gasteiger partial charge in [0, 0.05) is 6.54 Å². The summed E-state index contributed by atoms with van der Waals surface area (Å²) in [6.45, 7) is 0.157. The Morgan fingerprint density at radius 1 is 1.42 bits per heavy atom. The van der Waals surface area contributed by atoms with Crippen LogP contribution in [0.3, 0.4) is 0 Å². The molecule has 1 aromatic rings. The lowest BCUT2D eigenvalue weighted by Gasteiger charge is -2.28. The Balaban J connectivity index is 1.99. The van der Waals surface area contributed by atoms with Crippen LogP contribution >= 0.6 is 0 Å². The number of rotatable bonds is 5. The number of carboxylic acid groups (broad SMARTS) is 1. The van der Waals surface area contributed by atoms with Gasteiger partial charge in [0.1, 0.15) is 11.2 Å². The Kier molecular flexibility index (Phi) is 4.26. The molecule has 0 bridgehead atoms. The predicted octanol–water partition coefficient (Wildman–Crippen LogP) is 1.45. The van der Waals surface area contributed by atoms with Gasteiger partial charge in [0.05, 0.1) is 12.2 Å². The molecule has 1 aliphatic rings. The van der Waals surface area contributed by atoms with Crippen LogP contribution in [-0.4, -0.2) is 26.0 Å². The zero-order valence-electron chi connectivity index (χ0n) is 10.4. The minimum absolute atomic E-state index is 0.0650. The van der Waals surface area contributed by atoms with E-state index < -0.39 is 21.9 Å². The van der Waals surface area contributed by atoms with Crippen LogP contribution in [-0.2, 0) is 14.8 Å². The fourth-order valence-corrected chi connectivity index (χ4v) is 3.50. The molecule has 0 unspecified atom stereocenters. The maximum absolute atomic E-state index is 11.9. The van der Waals surface area contributed by atoms with Crippen molar-refractivity contribution in [3.05, 3.63) is 18.6 Å². The summed E-state index contributed by atoms with van der Waals surface area (Å²) in [6.07, 6.45) is 5.63. The molecule has 0 spiro atoms. The minimum atomic E-state index is -3.60. The SMILES string of the molecule is O=C(O)[C@@H]1CCCC[C@@H]1CNS(=O)(=O)c1ccoc1. The van der Waals surface area contributed by atoms with Crippen molar-refractivity contribution in [2.45, 2.75) is 30.6 Å². The molecule has 0 aromatic carbocycles. The Labute approximate surface area is 111 Å². The molecular weight excluding hydrogens is 270 g/mol. The van der Waals surface area contributed by atoms with Crippen molar-refractivity contribution in [3.8, 4) is 0 Å². The molecule has 2 N–H and O–H groups in total. The van der Waals surface area contributed by atoms with E-state index in [-0.39, 0.29) is 17.4 Å². The van der Waals surface area contributed by atoms with Crippen LogP contribution in [0.15, 0.2) is 27.9 Å². The molecular formula is C12H17NO5S. The molecule has 0 saturated heterocycles. The summed E-state index contributed by atoms with van der Waals surface area (Å²) in [5.41, 5.74) is 0. The van der Waals surface area contributed by atoms with Gasteiger partial charge in [0.2, 0.25) is 10.0 Å². The van der Waals surface area contributed by atoms with Gasteiger partial charge in [-0.1, -0.05) is 12.8 Å². The maximum Gasteiger partial charge on any atom is 0.306 e. The first-order valence-electron chi connectivity index (χ1n) is 6.25. The Morgan fingerprint density at radius 3 is 2.79 bits per heavy atom. The van der Waals surface area contributed by atoms with Crippen LogP contribution in [0.25, 0.3) is 0 Å². The molecule has 7 heteroatoms. The summed E-state index contributed by atoms with van der Waals surface area (Å²) < 4.78 is 31.0. The highest BCUT2D eigenvalue weighted by atomic mass is 32.2. The first-order chi connectivity index (χ1) is 9.00. The van der Waals surface area contributed by atoms with Crippen molar-refractivity contribution >= 4 is 16.0 Å². The van der Waals surface area contributed by atoms with Gasteiger partial charge in [-0.25, -0.2) is 13.1 Å². The van der Waals surface area contributed by atoms with Gasteiger partial charge in [-0.2, -0.15) is 0 Å². The van der Waals surface area contributed by atoms with Crippen molar-refractivity contribution in [2.24, 2.45) is 11.8 Å². The second-order valence-corrected chi connectivity index (χ2v) is 6.57. The lowest BCUT2D eigenvalue weighted by Crippen LogP contribution is -2.37. The number of hydrogen-bond acceptors (Lipinski definition) is 4. The molecule has 1 aromatic heterocycles. The molecule has 1 fully saturated rings. The average Bonchev–Trinajstić information content (AvgIpc) is 2.91. The first-order valence-corrected chi connectivity index (χ1v) is 7.73. The predicted molar refractivity (Wildman–Crippen MR) is 67.0 cm³/mol. The van der Waals surface area contributed by atoms with Crippen molar-refractivity contribution in [1.82, 2.24) is 4.72 Å². The van der Waals surface area contributed by atoms with Crippen LogP contribution in [0.2, 0.25) is 0 Å². The van der Waals surface area contributed by atoms with Gasteiger partial charge < -0.3 is 9.52 Å². The first kappa shape index (κ1) is 14.1. The van der Waals surface area contributed by atoms with Gasteiger partial charge in [0.15, 0.2) is 0 Å². The monoisotopic (exact) mass is 287 g/mol. The average molecular weight is 287 g/mol. The third-order valence-corrected chi connectivity index (χ3v) is 4.97. The summed E-state index contributed by atoms with van der Waals surface area (Å²) in [7, 11) is -3.60. The lowest BCUT2D eigenvalue weighted by atomic mass is 9.79. The summed E-state index contributed by atoms with van der Waals surface area (Å²) in [5, 5.41) is 9.13. The van der Waals surface area contributed by atoms with Gasteiger partial charge >= 0.3 is 5.97 Å². The van der Waals surface area contributed by atoms with Crippen LogP contribution in [0.1, 0.15) is 25.7 Å². The van der Waals surface area contributed by atoms with E-state index in [9.17, 15) is 13.2 Å². The number of hydrogen-bond donors (Lipinski definition) is 2. The topological polar surface area (TPSA) is 96.6 Å². The number of furan rings is 1. The van der Waals surface area contributed by atoms with Crippen molar-refractivity contribution in [2.75, 3.05) is 6.54 Å². The third kappa shape index (κ3) is 3.36. The molecule has 0 radical (unpaired) electrons. The highest BCUT2D eigenvalue weighted by molar-refractivity contribution is 7.89. The molecule has 1 aliphatic carbocycles. The molecule has 2 atom stereocenters. The maximum atomic E-state index is 11.9. The molecule has 1 saturated carbocycles. The van der Waals surface area contributed by atoms with E-state index >= 15 is 0 Å².